The van der Waals surface area contributed by atoms with Crippen LogP contribution in [0.5, 0.6) is 0 Å². The highest BCUT2D eigenvalue weighted by atomic mass is 16.6. The van der Waals surface area contributed by atoms with Gasteiger partial charge in [0.2, 0.25) is 0 Å². The van der Waals surface area contributed by atoms with E-state index in [1.54, 1.807) is 12.1 Å². The highest BCUT2D eigenvalue weighted by Crippen LogP contribution is 2.25. The fourth-order valence-electron chi connectivity index (χ4n) is 2.86. The number of anilines is 2. The van der Waals surface area contributed by atoms with Crippen LogP contribution in [0.2, 0.25) is 0 Å². The zero-order valence-electron chi connectivity index (χ0n) is 14.4. The summed E-state index contributed by atoms with van der Waals surface area (Å²) in [7, 11) is 0. The molecule has 27 heavy (non-hydrogen) atoms. The third kappa shape index (κ3) is 4.21. The Bertz CT molecular complexity index is 893. The fraction of sp³-hybridized carbons (Fsp3) is 0.222. The van der Waals surface area contributed by atoms with Crippen molar-refractivity contribution in [2.75, 3.05) is 36.5 Å². The van der Waals surface area contributed by atoms with E-state index in [1.165, 1.54) is 30.3 Å². The summed E-state index contributed by atoms with van der Waals surface area (Å²) in [6, 6.07) is 10.3. The molecule has 0 atom stereocenters. The van der Waals surface area contributed by atoms with Gasteiger partial charge in [-0.05, 0) is 24.3 Å². The van der Waals surface area contributed by atoms with E-state index in [9.17, 15) is 19.7 Å². The Morgan fingerprint density at radius 2 is 1.89 bits per heavy atom. The number of nitro groups is 1. The van der Waals surface area contributed by atoms with Crippen molar-refractivity contribution in [3.05, 3.63) is 63.7 Å². The minimum Gasteiger partial charge on any atom is -0.378 e. The van der Waals surface area contributed by atoms with Crippen molar-refractivity contribution in [2.45, 2.75) is 0 Å². The Labute approximate surface area is 154 Å². The third-order valence-corrected chi connectivity index (χ3v) is 4.19. The molecule has 1 fully saturated rings. The van der Waals surface area contributed by atoms with Crippen molar-refractivity contribution in [3.63, 3.8) is 0 Å². The van der Waals surface area contributed by atoms with Crippen LogP contribution in [-0.2, 0) is 4.74 Å². The molecule has 1 saturated heterocycles. The predicted molar refractivity (Wildman–Crippen MR) is 99.0 cm³/mol. The lowest BCUT2D eigenvalue weighted by molar-refractivity contribution is -0.384. The highest BCUT2D eigenvalue weighted by molar-refractivity contribution is 6.06. The molecule has 0 bridgehead atoms. The average Bonchev–Trinajstić information content (AvgIpc) is 2.68. The molecule has 9 nitrogen and oxygen atoms in total. The molecular weight excluding hydrogens is 352 g/mol. The van der Waals surface area contributed by atoms with E-state index < -0.39 is 16.7 Å². The molecular formula is C18H18N4O5. The molecule has 0 spiro atoms. The number of ether oxygens (including phenoxy) is 1. The van der Waals surface area contributed by atoms with Crippen molar-refractivity contribution in [2.24, 2.45) is 5.73 Å². The van der Waals surface area contributed by atoms with E-state index in [0.29, 0.717) is 37.7 Å². The first-order valence-electron chi connectivity index (χ1n) is 8.28. The van der Waals surface area contributed by atoms with Gasteiger partial charge in [-0.25, -0.2) is 0 Å². The number of nitrogens with one attached hydrogen (secondary N) is 1. The van der Waals surface area contributed by atoms with E-state index in [4.69, 9.17) is 10.5 Å². The van der Waals surface area contributed by atoms with E-state index in [1.807, 2.05) is 4.90 Å². The second kappa shape index (κ2) is 7.83. The van der Waals surface area contributed by atoms with E-state index in [-0.39, 0.29) is 16.8 Å². The molecule has 1 heterocycles. The topological polar surface area (TPSA) is 128 Å². The average molecular weight is 370 g/mol. The molecule has 2 amide bonds. The molecule has 1 aliphatic heterocycles. The Morgan fingerprint density at radius 3 is 2.56 bits per heavy atom. The lowest BCUT2D eigenvalue weighted by Gasteiger charge is -2.30. The van der Waals surface area contributed by atoms with Gasteiger partial charge < -0.3 is 20.7 Å². The van der Waals surface area contributed by atoms with Crippen LogP contribution < -0.4 is 16.0 Å². The Hall–Kier alpha value is -3.46. The number of nitrogens with two attached hydrogens (primary N) is 1. The van der Waals surface area contributed by atoms with Crippen LogP contribution in [0.3, 0.4) is 0 Å². The number of carbonyl (C=O) groups excluding carboxylic acids is 2. The van der Waals surface area contributed by atoms with Crippen LogP contribution in [0.1, 0.15) is 20.7 Å². The number of hydrogen-bond donors (Lipinski definition) is 2. The quantitative estimate of drug-likeness (QED) is 0.610. The van der Waals surface area contributed by atoms with Gasteiger partial charge in [-0.3, -0.25) is 19.7 Å². The summed E-state index contributed by atoms with van der Waals surface area (Å²) < 4.78 is 5.31. The summed E-state index contributed by atoms with van der Waals surface area (Å²) in [4.78, 5) is 36.5. The van der Waals surface area contributed by atoms with E-state index >= 15 is 0 Å². The summed E-state index contributed by atoms with van der Waals surface area (Å²) in [5.74, 6) is -1.13. The van der Waals surface area contributed by atoms with Crippen molar-refractivity contribution < 1.29 is 19.2 Å². The molecule has 2 aromatic carbocycles. The van der Waals surface area contributed by atoms with Gasteiger partial charge in [0.25, 0.3) is 17.5 Å². The van der Waals surface area contributed by atoms with Gasteiger partial charge in [0, 0.05) is 42.2 Å². The summed E-state index contributed by atoms with van der Waals surface area (Å²) in [5.41, 5.74) is 6.80. The number of benzene rings is 2. The Kier molecular flexibility index (Phi) is 5.32. The predicted octanol–water partition coefficient (Wildman–Crippen LogP) is 1.78. The molecule has 0 aliphatic carbocycles. The number of carbonyl (C=O) groups is 2. The Morgan fingerprint density at radius 1 is 1.15 bits per heavy atom. The molecule has 0 saturated carbocycles. The van der Waals surface area contributed by atoms with Crippen molar-refractivity contribution >= 4 is 28.9 Å². The van der Waals surface area contributed by atoms with Crippen molar-refractivity contribution in [3.8, 4) is 0 Å². The molecule has 3 N–H and O–H groups in total. The minimum atomic E-state index is -0.608. The number of nitrogens with zero attached hydrogens (tertiary/aromatic N) is 2. The van der Waals surface area contributed by atoms with E-state index in [2.05, 4.69) is 5.32 Å². The van der Waals surface area contributed by atoms with Crippen LogP contribution >= 0.6 is 0 Å². The maximum Gasteiger partial charge on any atom is 0.270 e. The van der Waals surface area contributed by atoms with Gasteiger partial charge in [0.1, 0.15) is 0 Å². The van der Waals surface area contributed by atoms with Crippen molar-refractivity contribution in [1.82, 2.24) is 0 Å². The first kappa shape index (κ1) is 18.3. The third-order valence-electron chi connectivity index (χ3n) is 4.19. The van der Waals surface area contributed by atoms with Crippen molar-refractivity contribution in [1.29, 1.82) is 0 Å². The zero-order valence-corrected chi connectivity index (χ0v) is 14.4. The molecule has 0 unspecified atom stereocenters. The summed E-state index contributed by atoms with van der Waals surface area (Å²) in [6.07, 6.45) is 0. The number of non-ortho nitro benzene ring substituents is 1. The summed E-state index contributed by atoms with van der Waals surface area (Å²) >= 11 is 0. The van der Waals surface area contributed by atoms with Gasteiger partial charge in [-0.2, -0.15) is 0 Å². The monoisotopic (exact) mass is 370 g/mol. The number of morpholine rings is 1. The molecule has 9 heteroatoms. The van der Waals surface area contributed by atoms with Crippen LogP contribution in [0, 0.1) is 10.1 Å². The largest absolute Gasteiger partial charge is 0.378 e. The number of rotatable bonds is 5. The standard InChI is InChI=1S/C18H18N4O5/c19-17(23)15-11-13(4-5-16(15)21-6-8-27-9-7-21)20-18(24)12-2-1-3-14(10-12)22(25)26/h1-5,10-11H,6-9H2,(H2,19,23)(H,20,24). The summed E-state index contributed by atoms with van der Waals surface area (Å²) in [6.45, 7) is 2.40. The molecule has 0 radical (unpaired) electrons. The first-order chi connectivity index (χ1) is 13.0. The van der Waals surface area contributed by atoms with E-state index in [0.717, 1.165) is 0 Å². The van der Waals surface area contributed by atoms with Crippen LogP contribution in [0.25, 0.3) is 0 Å². The summed E-state index contributed by atoms with van der Waals surface area (Å²) in [5, 5.41) is 13.5. The zero-order chi connectivity index (χ0) is 19.4. The molecule has 140 valence electrons. The van der Waals surface area contributed by atoms with Crippen LogP contribution in [0.15, 0.2) is 42.5 Å². The fourth-order valence-corrected chi connectivity index (χ4v) is 2.86. The number of primary amides is 1. The molecule has 1 aliphatic rings. The number of amides is 2. The van der Waals surface area contributed by atoms with Gasteiger partial charge in [-0.1, -0.05) is 6.07 Å². The molecule has 0 aromatic heterocycles. The lowest BCUT2D eigenvalue weighted by Crippen LogP contribution is -2.37. The first-order valence-corrected chi connectivity index (χ1v) is 8.28. The second-order valence-corrected chi connectivity index (χ2v) is 5.96. The number of nitro benzene ring substituents is 1. The maximum atomic E-state index is 12.4. The molecule has 3 rings (SSSR count). The van der Waals surface area contributed by atoms with Gasteiger partial charge in [-0.15, -0.1) is 0 Å². The molecule has 2 aromatic rings. The number of hydrogen-bond acceptors (Lipinski definition) is 6. The minimum absolute atomic E-state index is 0.141. The Balaban J connectivity index is 1.83. The van der Waals surface area contributed by atoms with Gasteiger partial charge in [0.15, 0.2) is 0 Å². The maximum absolute atomic E-state index is 12.4. The normalized spacial score (nSPS) is 13.9. The van der Waals surface area contributed by atoms with Crippen LogP contribution in [0.4, 0.5) is 17.1 Å². The van der Waals surface area contributed by atoms with Gasteiger partial charge >= 0.3 is 0 Å². The second-order valence-electron chi connectivity index (χ2n) is 5.96. The van der Waals surface area contributed by atoms with Crippen LogP contribution in [-0.4, -0.2) is 43.0 Å². The SMILES string of the molecule is NC(=O)c1cc(NC(=O)c2cccc([N+](=O)[O-])c2)ccc1N1CCOCC1. The lowest BCUT2D eigenvalue weighted by atomic mass is 10.1. The smallest absolute Gasteiger partial charge is 0.270 e. The highest BCUT2D eigenvalue weighted by Gasteiger charge is 2.19. The van der Waals surface area contributed by atoms with Gasteiger partial charge in [0.05, 0.1) is 23.7 Å².